The Morgan fingerprint density at radius 1 is 1.10 bits per heavy atom. The second-order valence-corrected chi connectivity index (χ2v) is 6.47. The van der Waals surface area contributed by atoms with Crippen LogP contribution < -0.4 is 10.1 Å². The van der Waals surface area contributed by atoms with Gasteiger partial charge in [0.15, 0.2) is 5.76 Å². The van der Waals surface area contributed by atoms with E-state index in [2.05, 4.69) is 15.4 Å². The molecule has 0 unspecified atom stereocenters. The van der Waals surface area contributed by atoms with Gasteiger partial charge in [0, 0.05) is 25.0 Å². The van der Waals surface area contributed by atoms with Gasteiger partial charge in [-0.25, -0.2) is 4.68 Å². The molecule has 4 aromatic rings. The van der Waals surface area contributed by atoms with Crippen LogP contribution in [0.3, 0.4) is 0 Å². The van der Waals surface area contributed by atoms with Crippen molar-refractivity contribution in [3.05, 3.63) is 84.0 Å². The minimum Gasteiger partial charge on any atom is -0.497 e. The second kappa shape index (κ2) is 8.02. The van der Waals surface area contributed by atoms with Crippen molar-refractivity contribution in [3.63, 3.8) is 0 Å². The van der Waals surface area contributed by atoms with E-state index in [4.69, 9.17) is 9.15 Å². The molecular formula is C22H20N4O3. The van der Waals surface area contributed by atoms with E-state index >= 15 is 0 Å². The number of methoxy groups -OCH3 is 1. The first-order valence-electron chi connectivity index (χ1n) is 9.12. The van der Waals surface area contributed by atoms with Crippen LogP contribution in [-0.2, 0) is 6.54 Å². The Hall–Kier alpha value is -3.87. The molecule has 0 aliphatic heterocycles. The van der Waals surface area contributed by atoms with Crippen LogP contribution in [0.25, 0.3) is 17.1 Å². The maximum atomic E-state index is 12.9. The molecule has 7 heteroatoms. The molecule has 0 radical (unpaired) electrons. The highest BCUT2D eigenvalue weighted by Gasteiger charge is 2.19. The number of carbonyl (C=O) groups is 1. The monoisotopic (exact) mass is 388 g/mol. The summed E-state index contributed by atoms with van der Waals surface area (Å²) in [6, 6.07) is 16.5. The van der Waals surface area contributed by atoms with Gasteiger partial charge < -0.3 is 14.5 Å². The third-order valence-corrected chi connectivity index (χ3v) is 4.45. The van der Waals surface area contributed by atoms with Crippen LogP contribution in [0.4, 0.5) is 0 Å². The van der Waals surface area contributed by atoms with Gasteiger partial charge in [0.05, 0.1) is 12.8 Å². The Morgan fingerprint density at radius 3 is 2.52 bits per heavy atom. The smallest absolute Gasteiger partial charge is 0.270 e. The van der Waals surface area contributed by atoms with Gasteiger partial charge in [0.25, 0.3) is 5.91 Å². The van der Waals surface area contributed by atoms with E-state index in [9.17, 15) is 4.79 Å². The summed E-state index contributed by atoms with van der Waals surface area (Å²) in [5, 5.41) is 7.54. The number of ether oxygens (including phenoxy) is 1. The molecule has 0 aliphatic rings. The number of nitrogens with zero attached hydrogens (tertiary/aromatic N) is 3. The van der Waals surface area contributed by atoms with Gasteiger partial charge in [-0.3, -0.25) is 9.78 Å². The van der Waals surface area contributed by atoms with Crippen molar-refractivity contribution in [2.45, 2.75) is 13.5 Å². The summed E-state index contributed by atoms with van der Waals surface area (Å²) in [6.07, 6.45) is 3.39. The highest BCUT2D eigenvalue weighted by Crippen LogP contribution is 2.24. The number of benzene rings is 1. The summed E-state index contributed by atoms with van der Waals surface area (Å²) in [7, 11) is 1.61. The fourth-order valence-corrected chi connectivity index (χ4v) is 2.93. The molecule has 0 aliphatic carbocycles. The molecule has 7 nitrogen and oxygen atoms in total. The summed E-state index contributed by atoms with van der Waals surface area (Å²) >= 11 is 0. The highest BCUT2D eigenvalue weighted by molar-refractivity contribution is 5.94. The number of aromatic nitrogens is 3. The van der Waals surface area contributed by atoms with Crippen LogP contribution >= 0.6 is 0 Å². The molecule has 0 atom stereocenters. The van der Waals surface area contributed by atoms with Crippen LogP contribution in [0.1, 0.15) is 21.8 Å². The van der Waals surface area contributed by atoms with Crippen molar-refractivity contribution in [1.82, 2.24) is 20.1 Å². The molecule has 0 bridgehead atoms. The highest BCUT2D eigenvalue weighted by atomic mass is 16.5. The number of pyridine rings is 1. The van der Waals surface area contributed by atoms with Gasteiger partial charge in [-0.1, -0.05) is 0 Å². The van der Waals surface area contributed by atoms with Crippen LogP contribution in [0.2, 0.25) is 0 Å². The number of rotatable bonds is 6. The first kappa shape index (κ1) is 18.5. The Balaban J connectivity index is 1.67. The van der Waals surface area contributed by atoms with Crippen molar-refractivity contribution >= 4 is 5.91 Å². The average molecular weight is 388 g/mol. The number of hydrogen-bond donors (Lipinski definition) is 1. The van der Waals surface area contributed by atoms with Crippen molar-refractivity contribution in [1.29, 1.82) is 0 Å². The van der Waals surface area contributed by atoms with Gasteiger partial charge >= 0.3 is 0 Å². The van der Waals surface area contributed by atoms with Gasteiger partial charge in [0.2, 0.25) is 0 Å². The number of furan rings is 1. The molecular weight excluding hydrogens is 368 g/mol. The zero-order valence-electron chi connectivity index (χ0n) is 16.1. The van der Waals surface area contributed by atoms with Crippen molar-refractivity contribution < 1.29 is 13.9 Å². The summed E-state index contributed by atoms with van der Waals surface area (Å²) < 4.78 is 12.5. The fraction of sp³-hybridized carbons (Fsp3) is 0.136. The molecule has 0 fully saturated rings. The normalized spacial score (nSPS) is 10.7. The molecule has 1 N–H and O–H groups in total. The molecule has 0 saturated carbocycles. The van der Waals surface area contributed by atoms with E-state index in [-0.39, 0.29) is 5.91 Å². The van der Waals surface area contributed by atoms with Gasteiger partial charge in [-0.15, -0.1) is 0 Å². The van der Waals surface area contributed by atoms with Crippen molar-refractivity contribution in [2.24, 2.45) is 0 Å². The third-order valence-electron chi connectivity index (χ3n) is 4.45. The molecule has 146 valence electrons. The lowest BCUT2D eigenvalue weighted by Crippen LogP contribution is -2.25. The van der Waals surface area contributed by atoms with E-state index in [0.29, 0.717) is 23.7 Å². The molecule has 29 heavy (non-hydrogen) atoms. The van der Waals surface area contributed by atoms with E-state index in [1.54, 1.807) is 30.3 Å². The molecule has 3 heterocycles. The van der Waals surface area contributed by atoms with Gasteiger partial charge in [-0.05, 0) is 61.0 Å². The Kier molecular flexibility index (Phi) is 5.11. The average Bonchev–Trinajstić information content (AvgIpc) is 3.39. The molecule has 3 aromatic heterocycles. The number of carbonyl (C=O) groups excluding carboxylic acids is 1. The predicted octanol–water partition coefficient (Wildman–Crippen LogP) is 3.77. The van der Waals surface area contributed by atoms with Gasteiger partial charge in [0.1, 0.15) is 22.9 Å². The molecule has 4 rings (SSSR count). The predicted molar refractivity (Wildman–Crippen MR) is 108 cm³/mol. The summed E-state index contributed by atoms with van der Waals surface area (Å²) in [5.41, 5.74) is 2.70. The standard InChI is InChI=1S/C22H20N4O3/c1-15-3-8-21(29-15)19-13-20(22(27)24-14-16-9-11-23-12-10-16)26(25-19)17-4-6-18(28-2)7-5-17/h3-13H,14H2,1-2H3,(H,24,27). The van der Waals surface area contributed by atoms with Crippen LogP contribution in [-0.4, -0.2) is 27.8 Å². The van der Waals surface area contributed by atoms with Crippen LogP contribution in [0.15, 0.2) is 71.4 Å². The van der Waals surface area contributed by atoms with E-state index in [1.807, 2.05) is 55.5 Å². The van der Waals surface area contributed by atoms with Crippen LogP contribution in [0.5, 0.6) is 5.75 Å². The number of aryl methyl sites for hydroxylation is 1. The summed E-state index contributed by atoms with van der Waals surface area (Å²) in [4.78, 5) is 16.9. The van der Waals surface area contributed by atoms with Crippen LogP contribution in [0, 0.1) is 6.92 Å². The molecule has 1 amide bonds. The van der Waals surface area contributed by atoms with Crippen molar-refractivity contribution in [2.75, 3.05) is 7.11 Å². The third kappa shape index (κ3) is 4.03. The Bertz CT molecular complexity index is 1110. The van der Waals surface area contributed by atoms with E-state index in [1.165, 1.54) is 0 Å². The Morgan fingerprint density at radius 2 is 1.86 bits per heavy atom. The zero-order valence-corrected chi connectivity index (χ0v) is 16.1. The topological polar surface area (TPSA) is 82.2 Å². The summed E-state index contributed by atoms with van der Waals surface area (Å²) in [5.74, 6) is 1.88. The first-order valence-corrected chi connectivity index (χ1v) is 9.12. The quantitative estimate of drug-likeness (QED) is 0.544. The lowest BCUT2D eigenvalue weighted by molar-refractivity contribution is 0.0943. The lowest BCUT2D eigenvalue weighted by Gasteiger charge is -2.09. The lowest BCUT2D eigenvalue weighted by atomic mass is 10.2. The maximum absolute atomic E-state index is 12.9. The number of amides is 1. The minimum absolute atomic E-state index is 0.236. The molecule has 0 saturated heterocycles. The van der Waals surface area contributed by atoms with Gasteiger partial charge in [-0.2, -0.15) is 5.10 Å². The minimum atomic E-state index is -0.236. The van der Waals surface area contributed by atoms with E-state index < -0.39 is 0 Å². The Labute approximate surface area is 168 Å². The number of nitrogens with one attached hydrogen (secondary N) is 1. The maximum Gasteiger partial charge on any atom is 0.270 e. The van der Waals surface area contributed by atoms with E-state index in [0.717, 1.165) is 22.8 Å². The van der Waals surface area contributed by atoms with Crippen molar-refractivity contribution in [3.8, 4) is 22.9 Å². The number of hydrogen-bond acceptors (Lipinski definition) is 5. The molecule has 0 spiro atoms. The fourth-order valence-electron chi connectivity index (χ4n) is 2.93. The SMILES string of the molecule is COc1ccc(-n2nc(-c3ccc(C)o3)cc2C(=O)NCc2ccncc2)cc1. The second-order valence-electron chi connectivity index (χ2n) is 6.47. The zero-order chi connectivity index (χ0) is 20.2. The first-order chi connectivity index (χ1) is 14.1. The molecule has 1 aromatic carbocycles. The summed E-state index contributed by atoms with van der Waals surface area (Å²) in [6.45, 7) is 2.26. The largest absolute Gasteiger partial charge is 0.497 e.